The normalized spacial score (nSPS) is 14.7. The van der Waals surface area contributed by atoms with Crippen molar-refractivity contribution in [1.82, 2.24) is 10.3 Å². The summed E-state index contributed by atoms with van der Waals surface area (Å²) >= 11 is 1.82. The molecule has 0 aliphatic carbocycles. The van der Waals surface area contributed by atoms with E-state index in [0.717, 1.165) is 19.5 Å². The predicted octanol–water partition coefficient (Wildman–Crippen LogP) is 4.89. The third-order valence-corrected chi connectivity index (χ3v) is 4.78. The van der Waals surface area contributed by atoms with E-state index in [9.17, 15) is 0 Å². The van der Waals surface area contributed by atoms with Crippen LogP contribution in [0.25, 0.3) is 0 Å². The Kier molecular flexibility index (Phi) is 6.42. The van der Waals surface area contributed by atoms with E-state index >= 15 is 0 Å². The molecule has 0 saturated carbocycles. The van der Waals surface area contributed by atoms with Crippen LogP contribution in [0.5, 0.6) is 0 Å². The second kappa shape index (κ2) is 7.23. The summed E-state index contributed by atoms with van der Waals surface area (Å²) in [4.78, 5) is 4.87. The van der Waals surface area contributed by atoms with Gasteiger partial charge in [0.15, 0.2) is 0 Å². The minimum Gasteiger partial charge on any atom is -0.316 e. The summed E-state index contributed by atoms with van der Waals surface area (Å²) in [5.41, 5.74) is 1.68. The number of aromatic nitrogens is 1. The van der Waals surface area contributed by atoms with Crippen LogP contribution in [0.1, 0.15) is 66.1 Å². The maximum atomic E-state index is 4.87. The molecule has 0 aliphatic heterocycles. The Labute approximate surface area is 135 Å². The molecule has 1 heterocycles. The molecule has 3 heteroatoms. The largest absolute Gasteiger partial charge is 0.316 e. The Hall–Kier alpha value is -0.410. The van der Waals surface area contributed by atoms with E-state index in [2.05, 4.69) is 66.1 Å². The Morgan fingerprint density at radius 1 is 1.10 bits per heavy atom. The Morgan fingerprint density at radius 3 is 2.14 bits per heavy atom. The van der Waals surface area contributed by atoms with Gasteiger partial charge in [0.25, 0.3) is 0 Å². The van der Waals surface area contributed by atoms with Gasteiger partial charge in [0, 0.05) is 17.2 Å². The zero-order valence-electron chi connectivity index (χ0n) is 15.2. The second-order valence-corrected chi connectivity index (χ2v) is 9.64. The highest BCUT2D eigenvalue weighted by atomic mass is 32.1. The predicted molar refractivity (Wildman–Crippen MR) is 95.2 cm³/mol. The molecule has 0 amide bonds. The molecule has 0 radical (unpaired) electrons. The maximum Gasteiger partial charge on any atom is 0.0931 e. The summed E-state index contributed by atoms with van der Waals surface area (Å²) in [5.74, 6) is 1.33. The van der Waals surface area contributed by atoms with Crippen LogP contribution in [0, 0.1) is 17.3 Å². The van der Waals surface area contributed by atoms with Gasteiger partial charge >= 0.3 is 0 Å². The first-order valence-corrected chi connectivity index (χ1v) is 9.03. The average Bonchev–Trinajstić information content (AvgIpc) is 2.74. The van der Waals surface area contributed by atoms with Gasteiger partial charge in [-0.3, -0.25) is 0 Å². The minimum atomic E-state index is 0.155. The van der Waals surface area contributed by atoms with E-state index in [1.165, 1.54) is 10.7 Å². The average molecular weight is 311 g/mol. The summed E-state index contributed by atoms with van der Waals surface area (Å²) in [6, 6.07) is 0. The molecule has 0 fully saturated rings. The fourth-order valence-electron chi connectivity index (χ4n) is 2.19. The quantitative estimate of drug-likeness (QED) is 0.809. The highest BCUT2D eigenvalue weighted by Crippen LogP contribution is 2.31. The lowest BCUT2D eigenvalue weighted by Crippen LogP contribution is -2.35. The molecule has 21 heavy (non-hydrogen) atoms. The molecule has 2 nitrogen and oxygen atoms in total. The lowest BCUT2D eigenvalue weighted by Gasteiger charge is -2.31. The molecule has 0 saturated heterocycles. The van der Waals surface area contributed by atoms with Crippen molar-refractivity contribution >= 4 is 11.3 Å². The molecule has 1 aromatic rings. The van der Waals surface area contributed by atoms with E-state index in [1.807, 2.05) is 11.3 Å². The monoisotopic (exact) mass is 310 g/mol. The van der Waals surface area contributed by atoms with Crippen molar-refractivity contribution in [2.24, 2.45) is 17.3 Å². The molecule has 0 aliphatic rings. The molecule has 0 spiro atoms. The lowest BCUT2D eigenvalue weighted by atomic mass is 9.78. The van der Waals surface area contributed by atoms with E-state index in [-0.39, 0.29) is 5.41 Å². The van der Waals surface area contributed by atoms with Crippen molar-refractivity contribution in [3.8, 4) is 0 Å². The van der Waals surface area contributed by atoms with Crippen LogP contribution < -0.4 is 5.32 Å². The zero-order chi connectivity index (χ0) is 16.3. The highest BCUT2D eigenvalue weighted by molar-refractivity contribution is 7.09. The third kappa shape index (κ3) is 6.48. The molecule has 0 aromatic carbocycles. The standard InChI is InChI=1S/C18H34N2S/c1-13(2)10-19-11-14(17(3,4)5)9-16-20-15(12-21-16)18(6,7)8/h12-14,19H,9-11H2,1-8H3. The van der Waals surface area contributed by atoms with Gasteiger partial charge in [-0.2, -0.15) is 0 Å². The van der Waals surface area contributed by atoms with E-state index < -0.39 is 0 Å². The summed E-state index contributed by atoms with van der Waals surface area (Å²) in [5, 5.41) is 7.14. The van der Waals surface area contributed by atoms with Crippen LogP contribution in [-0.4, -0.2) is 18.1 Å². The van der Waals surface area contributed by atoms with Crippen molar-refractivity contribution in [3.63, 3.8) is 0 Å². The smallest absolute Gasteiger partial charge is 0.0931 e. The van der Waals surface area contributed by atoms with Gasteiger partial charge in [-0.25, -0.2) is 4.98 Å². The van der Waals surface area contributed by atoms with Crippen molar-refractivity contribution in [2.75, 3.05) is 13.1 Å². The van der Waals surface area contributed by atoms with Crippen LogP contribution in [0.4, 0.5) is 0 Å². The SMILES string of the molecule is CC(C)CNCC(Cc1nc(C(C)(C)C)cs1)C(C)(C)C. The Balaban J connectivity index is 2.71. The fourth-order valence-corrected chi connectivity index (χ4v) is 3.29. The minimum absolute atomic E-state index is 0.155. The first kappa shape index (κ1) is 18.6. The first-order chi connectivity index (χ1) is 9.50. The van der Waals surface area contributed by atoms with E-state index in [0.29, 0.717) is 17.3 Å². The van der Waals surface area contributed by atoms with Gasteiger partial charge in [0.2, 0.25) is 0 Å². The maximum absolute atomic E-state index is 4.87. The van der Waals surface area contributed by atoms with Crippen LogP contribution in [0.3, 0.4) is 0 Å². The molecule has 1 unspecified atom stereocenters. The third-order valence-electron chi connectivity index (χ3n) is 3.91. The Bertz CT molecular complexity index is 421. The summed E-state index contributed by atoms with van der Waals surface area (Å²) in [6.07, 6.45) is 1.08. The van der Waals surface area contributed by atoms with E-state index in [4.69, 9.17) is 4.98 Å². The lowest BCUT2D eigenvalue weighted by molar-refractivity contribution is 0.228. The summed E-state index contributed by atoms with van der Waals surface area (Å²) in [6.45, 7) is 20.4. The number of nitrogens with zero attached hydrogens (tertiary/aromatic N) is 1. The molecule has 0 bridgehead atoms. The number of thiazole rings is 1. The van der Waals surface area contributed by atoms with Crippen LogP contribution in [0.15, 0.2) is 5.38 Å². The van der Waals surface area contributed by atoms with Crippen molar-refractivity contribution < 1.29 is 0 Å². The molecule has 1 aromatic heterocycles. The molecule has 1 atom stereocenters. The second-order valence-electron chi connectivity index (χ2n) is 8.70. The molecular weight excluding hydrogens is 276 g/mol. The zero-order valence-corrected chi connectivity index (χ0v) is 16.0. The van der Waals surface area contributed by atoms with Gasteiger partial charge in [-0.15, -0.1) is 11.3 Å². The van der Waals surface area contributed by atoms with Gasteiger partial charge in [-0.05, 0) is 30.3 Å². The van der Waals surface area contributed by atoms with Crippen molar-refractivity contribution in [2.45, 2.75) is 67.2 Å². The topological polar surface area (TPSA) is 24.9 Å². The molecular formula is C18H34N2S. The molecule has 1 rings (SSSR count). The molecule has 1 N–H and O–H groups in total. The number of nitrogens with one attached hydrogen (secondary N) is 1. The summed E-state index contributed by atoms with van der Waals surface area (Å²) < 4.78 is 0. The van der Waals surface area contributed by atoms with Crippen LogP contribution in [-0.2, 0) is 11.8 Å². The number of hydrogen-bond donors (Lipinski definition) is 1. The first-order valence-electron chi connectivity index (χ1n) is 8.15. The van der Waals surface area contributed by atoms with Crippen molar-refractivity contribution in [1.29, 1.82) is 0 Å². The van der Waals surface area contributed by atoms with Crippen LogP contribution >= 0.6 is 11.3 Å². The van der Waals surface area contributed by atoms with Crippen LogP contribution in [0.2, 0.25) is 0 Å². The fraction of sp³-hybridized carbons (Fsp3) is 0.833. The van der Waals surface area contributed by atoms with Gasteiger partial charge in [-0.1, -0.05) is 55.4 Å². The molecule has 122 valence electrons. The number of hydrogen-bond acceptors (Lipinski definition) is 3. The highest BCUT2D eigenvalue weighted by Gasteiger charge is 2.26. The van der Waals surface area contributed by atoms with Gasteiger partial charge in [0.05, 0.1) is 10.7 Å². The summed E-state index contributed by atoms with van der Waals surface area (Å²) in [7, 11) is 0. The number of rotatable bonds is 6. The van der Waals surface area contributed by atoms with Gasteiger partial charge < -0.3 is 5.32 Å². The van der Waals surface area contributed by atoms with E-state index in [1.54, 1.807) is 0 Å². The van der Waals surface area contributed by atoms with Crippen molar-refractivity contribution in [3.05, 3.63) is 16.1 Å². The Morgan fingerprint density at radius 2 is 1.71 bits per heavy atom. The van der Waals surface area contributed by atoms with Gasteiger partial charge in [0.1, 0.15) is 0 Å².